The summed E-state index contributed by atoms with van der Waals surface area (Å²) in [6.45, 7) is 0.995. The van der Waals surface area contributed by atoms with Crippen LogP contribution >= 0.6 is 0 Å². The normalized spacial score (nSPS) is 20.7. The highest BCUT2D eigenvalue weighted by Crippen LogP contribution is 2.23. The van der Waals surface area contributed by atoms with Crippen LogP contribution in [0.25, 0.3) is 10.8 Å². The van der Waals surface area contributed by atoms with E-state index in [0.29, 0.717) is 50.8 Å². The molecular formula is C37H49N11O3. The van der Waals surface area contributed by atoms with Crippen LogP contribution < -0.4 is 54.7 Å². The second-order valence-electron chi connectivity index (χ2n) is 12.3. The van der Waals surface area contributed by atoms with Gasteiger partial charge in [-0.1, -0.05) is 84.9 Å². The maximum Gasteiger partial charge on any atom is 0.252 e. The van der Waals surface area contributed by atoms with Crippen molar-refractivity contribution in [2.45, 2.75) is 56.6 Å². The molecule has 270 valence electrons. The van der Waals surface area contributed by atoms with E-state index in [2.05, 4.69) is 48.2 Å². The van der Waals surface area contributed by atoms with Crippen LogP contribution in [-0.2, 0) is 16.0 Å². The van der Waals surface area contributed by atoms with E-state index in [0.717, 1.165) is 22.0 Å². The molecule has 0 spiro atoms. The molecule has 1 aliphatic heterocycles. The lowest BCUT2D eigenvalue weighted by atomic mass is 10.1. The van der Waals surface area contributed by atoms with E-state index in [1.807, 2.05) is 91.0 Å². The van der Waals surface area contributed by atoms with E-state index in [-0.39, 0.29) is 36.7 Å². The van der Waals surface area contributed by atoms with Gasteiger partial charge in [-0.25, -0.2) is 32.6 Å². The number of hydrogen-bond donors (Lipinski definition) is 10. The van der Waals surface area contributed by atoms with Crippen molar-refractivity contribution in [3.63, 3.8) is 0 Å². The number of carbonyl (C=O) groups excluding carboxylic acids is 2. The van der Waals surface area contributed by atoms with Crippen molar-refractivity contribution in [2.75, 3.05) is 25.1 Å². The minimum atomic E-state index is -0.607. The molecule has 1 fully saturated rings. The third-order valence-electron chi connectivity index (χ3n) is 8.29. The van der Waals surface area contributed by atoms with Gasteiger partial charge in [-0.15, -0.1) is 0 Å². The van der Waals surface area contributed by atoms with E-state index < -0.39 is 12.2 Å². The molecule has 14 nitrogen and oxygen atoms in total. The van der Waals surface area contributed by atoms with Crippen LogP contribution in [0.2, 0.25) is 0 Å². The van der Waals surface area contributed by atoms with Crippen molar-refractivity contribution >= 4 is 34.2 Å². The molecule has 0 aliphatic carbocycles. The number of hydrogen-bond acceptors (Lipinski definition) is 10. The lowest BCUT2D eigenvalue weighted by Crippen LogP contribution is -2.65. The summed E-state index contributed by atoms with van der Waals surface area (Å²) < 4.78 is 6.06. The third-order valence-corrected chi connectivity index (χ3v) is 8.29. The molecular weight excluding hydrogens is 646 g/mol. The SMILES string of the molecule is NC(N)=NCCCC1NNC(Cc2ccccc2)NNC(NC(=O)c2ccccc2)COCCCC(C(=O)Nc2cccc3ccccc23)NN1. The minimum Gasteiger partial charge on any atom is -0.378 e. The Labute approximate surface area is 298 Å². The number of guanidine groups is 1. The molecule has 1 heterocycles. The lowest BCUT2D eigenvalue weighted by molar-refractivity contribution is -0.118. The standard InChI is InChI=1S/C37H49N11O3/c38-37(39)40-22-10-21-32-44-43-31(36(50)41-30-19-9-17-27-14-7-8-18-29(27)30)20-11-23-51-25-34(42-35(49)28-15-5-2-6-16-28)48-47-33(46-45-32)24-26-12-3-1-4-13-26/h1-9,12-19,31-34,43-48H,10-11,20-25H2,(H,41,50)(H,42,49)(H4,38,39,40). The zero-order valence-electron chi connectivity index (χ0n) is 28.6. The molecule has 5 rings (SSSR count). The number of nitrogens with two attached hydrogens (primary N) is 2. The van der Waals surface area contributed by atoms with Gasteiger partial charge in [0.25, 0.3) is 5.91 Å². The van der Waals surface area contributed by atoms with Crippen LogP contribution in [0.4, 0.5) is 5.69 Å². The van der Waals surface area contributed by atoms with Gasteiger partial charge >= 0.3 is 0 Å². The molecule has 4 atom stereocenters. The number of fused-ring (bicyclic) bond motifs is 1. The summed E-state index contributed by atoms with van der Waals surface area (Å²) >= 11 is 0. The van der Waals surface area contributed by atoms with E-state index in [1.165, 1.54) is 0 Å². The number of amides is 2. The fraction of sp³-hybridized carbons (Fsp3) is 0.324. The second kappa shape index (κ2) is 20.1. The van der Waals surface area contributed by atoms with Gasteiger partial charge in [-0.3, -0.25) is 14.6 Å². The monoisotopic (exact) mass is 695 g/mol. The quantitative estimate of drug-likeness (QED) is 0.0660. The smallest absolute Gasteiger partial charge is 0.252 e. The molecule has 4 aromatic rings. The molecule has 2 amide bonds. The Hall–Kier alpha value is -4.93. The second-order valence-corrected chi connectivity index (χ2v) is 12.3. The molecule has 12 N–H and O–H groups in total. The Morgan fingerprint density at radius 1 is 0.784 bits per heavy atom. The molecule has 0 radical (unpaired) electrons. The summed E-state index contributed by atoms with van der Waals surface area (Å²) in [6.07, 6.45) is 1.65. The Morgan fingerprint density at radius 3 is 2.27 bits per heavy atom. The fourth-order valence-corrected chi connectivity index (χ4v) is 5.64. The zero-order valence-corrected chi connectivity index (χ0v) is 28.6. The van der Waals surface area contributed by atoms with Gasteiger partial charge in [0.1, 0.15) is 12.2 Å². The number of carbonyl (C=O) groups is 2. The summed E-state index contributed by atoms with van der Waals surface area (Å²) in [4.78, 5) is 31.1. The van der Waals surface area contributed by atoms with Gasteiger partial charge in [0.2, 0.25) is 5.91 Å². The predicted molar refractivity (Wildman–Crippen MR) is 201 cm³/mol. The van der Waals surface area contributed by atoms with Crippen molar-refractivity contribution in [1.82, 2.24) is 37.9 Å². The van der Waals surface area contributed by atoms with Gasteiger partial charge in [0.05, 0.1) is 18.9 Å². The number of hydrazine groups is 3. The predicted octanol–water partition coefficient (Wildman–Crippen LogP) is 1.94. The van der Waals surface area contributed by atoms with E-state index in [1.54, 1.807) is 12.1 Å². The Kier molecular flexibility index (Phi) is 14.7. The van der Waals surface area contributed by atoms with Gasteiger partial charge < -0.3 is 26.8 Å². The molecule has 0 aromatic heterocycles. The number of ether oxygens (including phenoxy) is 1. The number of nitrogens with one attached hydrogen (secondary N) is 8. The average molecular weight is 696 g/mol. The van der Waals surface area contributed by atoms with Gasteiger partial charge in [-0.2, -0.15) is 0 Å². The summed E-state index contributed by atoms with van der Waals surface area (Å²) in [5.74, 6) is -0.385. The van der Waals surface area contributed by atoms with Crippen molar-refractivity contribution in [2.24, 2.45) is 16.5 Å². The first-order chi connectivity index (χ1) is 24.9. The number of aliphatic imine (C=N–C) groups is 1. The number of nitrogens with zero attached hydrogens (tertiary/aromatic N) is 1. The van der Waals surface area contributed by atoms with Crippen LogP contribution in [0.3, 0.4) is 0 Å². The van der Waals surface area contributed by atoms with E-state index >= 15 is 0 Å². The minimum absolute atomic E-state index is 0.0359. The molecule has 14 heteroatoms. The molecule has 1 aliphatic rings. The molecule has 1 saturated heterocycles. The molecule has 4 aromatic carbocycles. The molecule has 0 saturated carbocycles. The summed E-state index contributed by atoms with van der Waals surface area (Å²) in [5.41, 5.74) is 33.4. The van der Waals surface area contributed by atoms with Crippen LogP contribution in [0.5, 0.6) is 0 Å². The van der Waals surface area contributed by atoms with Crippen LogP contribution in [0.15, 0.2) is 108 Å². The van der Waals surface area contributed by atoms with E-state index in [9.17, 15) is 9.59 Å². The average Bonchev–Trinajstić information content (AvgIpc) is 3.15. The topological polar surface area (TPSA) is 204 Å². The molecule has 51 heavy (non-hydrogen) atoms. The number of anilines is 1. The maximum atomic E-state index is 13.8. The fourth-order valence-electron chi connectivity index (χ4n) is 5.64. The highest BCUT2D eigenvalue weighted by Gasteiger charge is 2.23. The lowest BCUT2D eigenvalue weighted by Gasteiger charge is -2.29. The van der Waals surface area contributed by atoms with Crippen LogP contribution in [0, 0.1) is 0 Å². The van der Waals surface area contributed by atoms with E-state index in [4.69, 9.17) is 16.2 Å². The highest BCUT2D eigenvalue weighted by atomic mass is 16.5. The van der Waals surface area contributed by atoms with Gasteiger partial charge in [0, 0.05) is 36.2 Å². The van der Waals surface area contributed by atoms with Gasteiger partial charge in [0.15, 0.2) is 5.96 Å². The Bertz CT molecular complexity index is 1680. The number of benzene rings is 4. The first kappa shape index (κ1) is 37.3. The Balaban J connectivity index is 1.34. The summed E-state index contributed by atoms with van der Waals surface area (Å²) in [5, 5.41) is 8.14. The first-order valence-electron chi connectivity index (χ1n) is 17.3. The van der Waals surface area contributed by atoms with Crippen molar-refractivity contribution in [3.8, 4) is 0 Å². The largest absolute Gasteiger partial charge is 0.378 e. The van der Waals surface area contributed by atoms with Crippen LogP contribution in [-0.4, -0.2) is 62.1 Å². The Morgan fingerprint density at radius 2 is 1.47 bits per heavy atom. The number of rotatable bonds is 10. The van der Waals surface area contributed by atoms with Crippen molar-refractivity contribution in [3.05, 3.63) is 114 Å². The third kappa shape index (κ3) is 12.4. The van der Waals surface area contributed by atoms with Gasteiger partial charge in [-0.05, 0) is 54.8 Å². The first-order valence-corrected chi connectivity index (χ1v) is 17.3. The van der Waals surface area contributed by atoms with Crippen molar-refractivity contribution < 1.29 is 14.3 Å². The van der Waals surface area contributed by atoms with Crippen molar-refractivity contribution in [1.29, 1.82) is 0 Å². The highest BCUT2D eigenvalue weighted by molar-refractivity contribution is 6.03. The summed E-state index contributed by atoms with van der Waals surface area (Å²) in [7, 11) is 0. The zero-order chi connectivity index (χ0) is 35.7. The molecule has 4 unspecified atom stereocenters. The molecule has 0 bridgehead atoms. The summed E-state index contributed by atoms with van der Waals surface area (Å²) in [6, 6.07) is 32.2. The van der Waals surface area contributed by atoms with Crippen LogP contribution in [0.1, 0.15) is 41.6 Å². The maximum absolute atomic E-state index is 13.8.